The molecule has 0 unspecified atom stereocenters. The first-order chi connectivity index (χ1) is 24.9. The van der Waals surface area contributed by atoms with E-state index in [1.54, 1.807) is 6.26 Å². The predicted molar refractivity (Wildman–Crippen MR) is 216 cm³/mol. The summed E-state index contributed by atoms with van der Waals surface area (Å²) in [6.07, 6.45) is 47.3. The van der Waals surface area contributed by atoms with Crippen LogP contribution in [-0.4, -0.2) is 35.1 Å². The van der Waals surface area contributed by atoms with E-state index in [4.69, 9.17) is 19.3 Å². The maximum absolute atomic E-state index is 12.4. The minimum absolute atomic E-state index is 0.000172. The van der Waals surface area contributed by atoms with Crippen LogP contribution in [0.25, 0.3) is 0 Å². The van der Waals surface area contributed by atoms with Crippen LogP contribution in [0.4, 0.5) is 0 Å². The zero-order chi connectivity index (χ0) is 37.4. The summed E-state index contributed by atoms with van der Waals surface area (Å²) in [5, 5.41) is 0. The highest BCUT2D eigenvalue weighted by Gasteiger charge is 2.21. The number of phosphoric ester groups is 1. The van der Waals surface area contributed by atoms with Crippen LogP contribution in [0.5, 0.6) is 0 Å². The Labute approximate surface area is 316 Å². The van der Waals surface area contributed by atoms with Crippen molar-refractivity contribution in [2.24, 2.45) is 0 Å². The van der Waals surface area contributed by atoms with Gasteiger partial charge in [0.1, 0.15) is 6.61 Å². The fourth-order valence-corrected chi connectivity index (χ4v) is 7.01. The fraction of sp³-hybridized carbons (Fsp3) is 0.930. The second kappa shape index (κ2) is 40.3. The van der Waals surface area contributed by atoms with Crippen LogP contribution in [0.15, 0.2) is 12.3 Å². The molecule has 0 radical (unpaired) electrons. The van der Waals surface area contributed by atoms with Crippen molar-refractivity contribution >= 4 is 13.8 Å². The molecule has 304 valence electrons. The Balaban J connectivity index is 3.77. The standard InChI is InChI=1S/C43H85O7P/c1-3-5-7-9-11-13-15-17-19-21-22-23-24-26-28-30-32-34-36-38-43(44)50-42(41-49-51(45,46)47)40-48-39-37-35-33-31-29-27-25-20-18-16-14-12-10-8-6-4-2/h37,39,42H,3-36,38,40-41H2,1-2H3,(H2,45,46,47)/b39-37-/t42-/m1/s1. The Hall–Kier alpha value is -0.880. The Morgan fingerprint density at radius 2 is 0.843 bits per heavy atom. The Bertz CT molecular complexity index is 784. The molecule has 0 amide bonds. The second-order valence-corrected chi connectivity index (χ2v) is 16.3. The van der Waals surface area contributed by atoms with Crippen molar-refractivity contribution in [2.75, 3.05) is 13.2 Å². The van der Waals surface area contributed by atoms with Crippen LogP contribution in [-0.2, 0) is 23.4 Å². The van der Waals surface area contributed by atoms with Crippen molar-refractivity contribution in [1.82, 2.24) is 0 Å². The molecule has 0 aliphatic rings. The van der Waals surface area contributed by atoms with Crippen molar-refractivity contribution in [3.63, 3.8) is 0 Å². The van der Waals surface area contributed by atoms with Gasteiger partial charge in [-0.15, -0.1) is 0 Å². The van der Waals surface area contributed by atoms with Gasteiger partial charge in [-0.25, -0.2) is 4.57 Å². The van der Waals surface area contributed by atoms with Crippen LogP contribution in [0.1, 0.15) is 239 Å². The Morgan fingerprint density at radius 1 is 0.510 bits per heavy atom. The van der Waals surface area contributed by atoms with Crippen molar-refractivity contribution < 1.29 is 33.1 Å². The Kier molecular flexibility index (Phi) is 39.6. The molecule has 0 fully saturated rings. The topological polar surface area (TPSA) is 102 Å². The van der Waals surface area contributed by atoms with E-state index in [0.717, 1.165) is 32.1 Å². The first kappa shape index (κ1) is 50.1. The number of phosphoric acid groups is 1. The highest BCUT2D eigenvalue weighted by molar-refractivity contribution is 7.46. The zero-order valence-corrected chi connectivity index (χ0v) is 34.7. The summed E-state index contributed by atoms with van der Waals surface area (Å²) in [5.74, 6) is -0.378. The Morgan fingerprint density at radius 3 is 1.20 bits per heavy atom. The van der Waals surface area contributed by atoms with E-state index in [9.17, 15) is 9.36 Å². The lowest BCUT2D eigenvalue weighted by molar-refractivity contribution is -0.153. The highest BCUT2D eigenvalue weighted by atomic mass is 31.2. The molecule has 0 bridgehead atoms. The third-order valence-electron chi connectivity index (χ3n) is 9.91. The molecule has 1 atom stereocenters. The summed E-state index contributed by atoms with van der Waals surface area (Å²) < 4.78 is 26.8. The molecule has 0 aromatic heterocycles. The highest BCUT2D eigenvalue weighted by Crippen LogP contribution is 2.36. The smallest absolute Gasteiger partial charge is 0.469 e. The molecule has 7 nitrogen and oxygen atoms in total. The molecule has 0 heterocycles. The van der Waals surface area contributed by atoms with Crippen LogP contribution < -0.4 is 0 Å². The van der Waals surface area contributed by atoms with E-state index >= 15 is 0 Å². The summed E-state index contributed by atoms with van der Waals surface area (Å²) in [4.78, 5) is 30.6. The number of hydrogen-bond acceptors (Lipinski definition) is 5. The largest absolute Gasteiger partial charge is 0.498 e. The molecule has 0 rings (SSSR count). The second-order valence-electron chi connectivity index (χ2n) is 15.1. The third-order valence-corrected chi connectivity index (χ3v) is 10.4. The molecule has 51 heavy (non-hydrogen) atoms. The lowest BCUT2D eigenvalue weighted by atomic mass is 10.0. The molecular formula is C43H85O7P. The van der Waals surface area contributed by atoms with Crippen LogP contribution in [0.3, 0.4) is 0 Å². The first-order valence-electron chi connectivity index (χ1n) is 22.0. The van der Waals surface area contributed by atoms with Gasteiger partial charge in [0.05, 0.1) is 12.9 Å². The SMILES string of the molecule is CCCCCCCCCCCCCCCC/C=C\OC[C@H](COP(=O)(O)O)OC(=O)CCCCCCCCCCCCCCCCCCCCC. The van der Waals surface area contributed by atoms with Gasteiger partial charge in [-0.05, 0) is 25.3 Å². The molecule has 8 heteroatoms. The maximum Gasteiger partial charge on any atom is 0.469 e. The quantitative estimate of drug-likeness (QED) is 0.0278. The lowest BCUT2D eigenvalue weighted by Gasteiger charge is -2.18. The normalized spacial score (nSPS) is 12.5. The summed E-state index contributed by atoms with van der Waals surface area (Å²) in [7, 11) is -4.66. The lowest BCUT2D eigenvalue weighted by Crippen LogP contribution is -2.27. The number of esters is 1. The molecule has 0 aromatic carbocycles. The minimum atomic E-state index is -4.66. The van der Waals surface area contributed by atoms with Crippen LogP contribution in [0.2, 0.25) is 0 Å². The zero-order valence-electron chi connectivity index (χ0n) is 33.8. The molecule has 0 aromatic rings. The van der Waals surface area contributed by atoms with E-state index in [2.05, 4.69) is 18.4 Å². The number of unbranched alkanes of at least 4 members (excludes halogenated alkanes) is 32. The van der Waals surface area contributed by atoms with Crippen molar-refractivity contribution in [1.29, 1.82) is 0 Å². The summed E-state index contributed by atoms with van der Waals surface area (Å²) in [6, 6.07) is 0. The molecule has 0 saturated heterocycles. The number of allylic oxidation sites excluding steroid dienone is 1. The number of carbonyl (C=O) groups is 1. The minimum Gasteiger partial charge on any atom is -0.498 e. The van der Waals surface area contributed by atoms with E-state index in [1.165, 1.54) is 186 Å². The molecular weight excluding hydrogens is 659 g/mol. The average molecular weight is 745 g/mol. The molecule has 2 N–H and O–H groups in total. The number of ether oxygens (including phenoxy) is 2. The fourth-order valence-electron chi connectivity index (χ4n) is 6.64. The monoisotopic (exact) mass is 745 g/mol. The molecule has 0 spiro atoms. The van der Waals surface area contributed by atoms with Crippen molar-refractivity contribution in [2.45, 2.75) is 245 Å². The van der Waals surface area contributed by atoms with Gasteiger partial charge in [-0.1, -0.05) is 213 Å². The van der Waals surface area contributed by atoms with E-state index in [1.807, 2.05) is 6.08 Å². The molecule has 0 saturated carbocycles. The van der Waals surface area contributed by atoms with Crippen LogP contribution in [0, 0.1) is 0 Å². The summed E-state index contributed by atoms with van der Waals surface area (Å²) >= 11 is 0. The number of carbonyl (C=O) groups excluding carboxylic acids is 1. The average Bonchev–Trinajstić information content (AvgIpc) is 3.10. The van der Waals surface area contributed by atoms with Gasteiger partial charge in [0.25, 0.3) is 0 Å². The van der Waals surface area contributed by atoms with Gasteiger partial charge in [0, 0.05) is 6.42 Å². The van der Waals surface area contributed by atoms with Crippen molar-refractivity contribution in [3.05, 3.63) is 12.3 Å². The molecule has 0 aliphatic carbocycles. The van der Waals surface area contributed by atoms with E-state index in [0.29, 0.717) is 6.42 Å². The third kappa shape index (κ3) is 43.4. The van der Waals surface area contributed by atoms with Gasteiger partial charge in [-0.3, -0.25) is 9.32 Å². The summed E-state index contributed by atoms with van der Waals surface area (Å²) in [6.45, 7) is 4.15. The van der Waals surface area contributed by atoms with Gasteiger partial charge < -0.3 is 19.3 Å². The predicted octanol–water partition coefficient (Wildman–Crippen LogP) is 14.2. The number of hydrogen-bond donors (Lipinski definition) is 2. The van der Waals surface area contributed by atoms with Gasteiger partial charge in [-0.2, -0.15) is 0 Å². The first-order valence-corrected chi connectivity index (χ1v) is 23.6. The number of rotatable bonds is 42. The van der Waals surface area contributed by atoms with Gasteiger partial charge >= 0.3 is 13.8 Å². The maximum atomic E-state index is 12.4. The molecule has 0 aliphatic heterocycles. The van der Waals surface area contributed by atoms with E-state index < -0.39 is 20.5 Å². The van der Waals surface area contributed by atoms with E-state index in [-0.39, 0.29) is 12.6 Å². The summed E-state index contributed by atoms with van der Waals surface area (Å²) in [5.41, 5.74) is 0. The van der Waals surface area contributed by atoms with Gasteiger partial charge in [0.2, 0.25) is 0 Å². The van der Waals surface area contributed by atoms with Crippen LogP contribution >= 0.6 is 7.82 Å². The van der Waals surface area contributed by atoms with Gasteiger partial charge in [0.15, 0.2) is 6.10 Å². The van der Waals surface area contributed by atoms with Crippen molar-refractivity contribution in [3.8, 4) is 0 Å².